The van der Waals surface area contributed by atoms with Gasteiger partial charge < -0.3 is 9.73 Å². The Morgan fingerprint density at radius 2 is 1.83 bits per heavy atom. The summed E-state index contributed by atoms with van der Waals surface area (Å²) in [6, 6.07) is 12.6. The van der Waals surface area contributed by atoms with E-state index in [4.69, 9.17) is 4.42 Å². The van der Waals surface area contributed by atoms with E-state index in [2.05, 4.69) is 16.0 Å². The summed E-state index contributed by atoms with van der Waals surface area (Å²) in [5.74, 6) is 0.632. The quantitative estimate of drug-likeness (QED) is 0.728. The van der Waals surface area contributed by atoms with Gasteiger partial charge in [-0.3, -0.25) is 15.4 Å². The van der Waals surface area contributed by atoms with Gasteiger partial charge >= 0.3 is 6.03 Å². The van der Waals surface area contributed by atoms with E-state index >= 15 is 0 Å². The Labute approximate surface area is 141 Å². The van der Waals surface area contributed by atoms with E-state index in [1.54, 1.807) is 12.3 Å². The van der Waals surface area contributed by atoms with Crippen LogP contribution in [0.2, 0.25) is 0 Å². The summed E-state index contributed by atoms with van der Waals surface area (Å²) in [6.45, 7) is 4.48. The maximum absolute atomic E-state index is 11.9. The average molecular weight is 329 g/mol. The normalized spacial score (nSPS) is 12.0. The third kappa shape index (κ3) is 5.55. The summed E-state index contributed by atoms with van der Waals surface area (Å²) >= 11 is 0. The van der Waals surface area contributed by atoms with Crippen LogP contribution in [0.5, 0.6) is 0 Å². The topological polar surface area (TPSA) is 83.4 Å². The molecule has 0 spiro atoms. The minimum absolute atomic E-state index is 0.00460. The third-order valence-corrected chi connectivity index (χ3v) is 3.35. The highest BCUT2D eigenvalue weighted by molar-refractivity contribution is 5.95. The summed E-state index contributed by atoms with van der Waals surface area (Å²) in [6.07, 6.45) is 1.59. The van der Waals surface area contributed by atoms with E-state index in [9.17, 15) is 9.59 Å². The molecule has 24 heavy (non-hydrogen) atoms. The highest BCUT2D eigenvalue weighted by atomic mass is 16.3. The number of nitrogens with one attached hydrogen (secondary N) is 3. The molecule has 1 atom stereocenters. The molecule has 0 saturated carbocycles. The first-order valence-electron chi connectivity index (χ1n) is 7.95. The molecule has 0 saturated heterocycles. The van der Waals surface area contributed by atoms with Crippen molar-refractivity contribution >= 4 is 11.9 Å². The minimum Gasteiger partial charge on any atom is -0.467 e. The second kappa shape index (κ2) is 8.88. The zero-order chi connectivity index (χ0) is 17.4. The number of hydrogen-bond acceptors (Lipinski definition) is 4. The van der Waals surface area contributed by atoms with Crippen LogP contribution in [0.3, 0.4) is 0 Å². The monoisotopic (exact) mass is 329 g/mol. The zero-order valence-electron chi connectivity index (χ0n) is 13.9. The maximum Gasteiger partial charge on any atom is 0.321 e. The van der Waals surface area contributed by atoms with Gasteiger partial charge in [-0.25, -0.2) is 4.79 Å². The SMILES string of the molecule is CC(C)CNC(=O)NC(=O)CN[C@@H](c1ccccc1)c1ccco1. The lowest BCUT2D eigenvalue weighted by Crippen LogP contribution is -2.44. The summed E-state index contributed by atoms with van der Waals surface area (Å²) in [4.78, 5) is 23.6. The number of carbonyl (C=O) groups is 2. The Kier molecular flexibility index (Phi) is 6.57. The molecule has 1 aromatic heterocycles. The molecule has 0 aliphatic heterocycles. The van der Waals surface area contributed by atoms with Crippen molar-refractivity contribution in [3.05, 3.63) is 60.1 Å². The van der Waals surface area contributed by atoms with Crippen LogP contribution < -0.4 is 16.0 Å². The van der Waals surface area contributed by atoms with E-state index in [0.717, 1.165) is 5.56 Å². The molecule has 1 heterocycles. The second-order valence-electron chi connectivity index (χ2n) is 5.89. The van der Waals surface area contributed by atoms with Crippen molar-refractivity contribution in [1.29, 1.82) is 0 Å². The van der Waals surface area contributed by atoms with E-state index in [-0.39, 0.29) is 12.6 Å². The number of urea groups is 1. The number of benzene rings is 1. The predicted molar refractivity (Wildman–Crippen MR) is 91.4 cm³/mol. The van der Waals surface area contributed by atoms with Crippen molar-refractivity contribution in [2.75, 3.05) is 13.1 Å². The Bertz CT molecular complexity index is 639. The maximum atomic E-state index is 11.9. The van der Waals surface area contributed by atoms with Crippen LogP contribution in [0.1, 0.15) is 31.2 Å². The molecule has 2 aromatic rings. The van der Waals surface area contributed by atoms with Gasteiger partial charge in [0.05, 0.1) is 18.8 Å². The summed E-state index contributed by atoms with van der Waals surface area (Å²) in [7, 11) is 0. The van der Waals surface area contributed by atoms with E-state index < -0.39 is 11.9 Å². The van der Waals surface area contributed by atoms with E-state index in [1.807, 2.05) is 50.2 Å². The summed E-state index contributed by atoms with van der Waals surface area (Å²) < 4.78 is 5.45. The first-order valence-corrected chi connectivity index (χ1v) is 7.95. The molecular formula is C18H23N3O3. The van der Waals surface area contributed by atoms with Crippen molar-refractivity contribution < 1.29 is 14.0 Å². The Balaban J connectivity index is 1.91. The molecule has 0 bridgehead atoms. The second-order valence-corrected chi connectivity index (χ2v) is 5.89. The summed E-state index contributed by atoms with van der Waals surface area (Å²) in [5, 5.41) is 8.07. The average Bonchev–Trinajstić information content (AvgIpc) is 3.08. The first kappa shape index (κ1) is 17.7. The molecule has 2 rings (SSSR count). The van der Waals surface area contributed by atoms with Crippen LogP contribution >= 0.6 is 0 Å². The molecule has 0 unspecified atom stereocenters. The molecule has 3 amide bonds. The van der Waals surface area contributed by atoms with Crippen LogP contribution in [-0.4, -0.2) is 25.0 Å². The lowest BCUT2D eigenvalue weighted by Gasteiger charge is -2.17. The number of rotatable bonds is 7. The van der Waals surface area contributed by atoms with Gasteiger partial charge in [-0.15, -0.1) is 0 Å². The Hall–Kier alpha value is -2.60. The van der Waals surface area contributed by atoms with Crippen molar-refractivity contribution in [3.63, 3.8) is 0 Å². The number of carbonyl (C=O) groups excluding carboxylic acids is 2. The van der Waals surface area contributed by atoms with Crippen LogP contribution in [0.4, 0.5) is 4.79 Å². The van der Waals surface area contributed by atoms with Crippen molar-refractivity contribution in [2.45, 2.75) is 19.9 Å². The van der Waals surface area contributed by atoms with Crippen LogP contribution in [-0.2, 0) is 4.79 Å². The number of amides is 3. The van der Waals surface area contributed by atoms with Gasteiger partial charge in [-0.1, -0.05) is 44.2 Å². The van der Waals surface area contributed by atoms with Gasteiger partial charge in [-0.05, 0) is 23.6 Å². The molecule has 0 radical (unpaired) electrons. The molecule has 6 nitrogen and oxygen atoms in total. The minimum atomic E-state index is -0.482. The van der Waals surface area contributed by atoms with Crippen molar-refractivity contribution in [2.24, 2.45) is 5.92 Å². The Morgan fingerprint density at radius 3 is 2.46 bits per heavy atom. The highest BCUT2D eigenvalue weighted by Gasteiger charge is 2.18. The van der Waals surface area contributed by atoms with Crippen LogP contribution in [0.25, 0.3) is 0 Å². The lowest BCUT2D eigenvalue weighted by atomic mass is 10.0. The number of imide groups is 1. The molecule has 6 heteroatoms. The van der Waals surface area contributed by atoms with Crippen molar-refractivity contribution in [1.82, 2.24) is 16.0 Å². The zero-order valence-corrected chi connectivity index (χ0v) is 13.9. The van der Waals surface area contributed by atoms with Crippen LogP contribution in [0, 0.1) is 5.92 Å². The molecular weight excluding hydrogens is 306 g/mol. The van der Waals surface area contributed by atoms with E-state index in [0.29, 0.717) is 18.2 Å². The van der Waals surface area contributed by atoms with Gasteiger partial charge in [0.2, 0.25) is 5.91 Å². The molecule has 128 valence electrons. The summed E-state index contributed by atoms with van der Waals surface area (Å²) in [5.41, 5.74) is 0.976. The molecule has 0 fully saturated rings. The first-order chi connectivity index (χ1) is 11.6. The fraction of sp³-hybridized carbons (Fsp3) is 0.333. The lowest BCUT2D eigenvalue weighted by molar-refractivity contribution is -0.119. The molecule has 1 aromatic carbocycles. The predicted octanol–water partition coefficient (Wildman–Crippen LogP) is 2.44. The molecule has 3 N–H and O–H groups in total. The smallest absolute Gasteiger partial charge is 0.321 e. The van der Waals surface area contributed by atoms with Gasteiger partial charge in [0.1, 0.15) is 5.76 Å². The standard InChI is InChI=1S/C18H23N3O3/c1-13(2)11-20-18(23)21-16(22)12-19-17(15-9-6-10-24-15)14-7-4-3-5-8-14/h3-10,13,17,19H,11-12H2,1-2H3,(H2,20,21,22,23)/t17-/m0/s1. The number of hydrogen-bond donors (Lipinski definition) is 3. The fourth-order valence-corrected chi connectivity index (χ4v) is 2.19. The highest BCUT2D eigenvalue weighted by Crippen LogP contribution is 2.21. The Morgan fingerprint density at radius 1 is 1.08 bits per heavy atom. The van der Waals surface area contributed by atoms with Gasteiger partial charge in [0.15, 0.2) is 0 Å². The van der Waals surface area contributed by atoms with Gasteiger partial charge in [0.25, 0.3) is 0 Å². The third-order valence-electron chi connectivity index (χ3n) is 3.35. The van der Waals surface area contributed by atoms with Gasteiger partial charge in [-0.2, -0.15) is 0 Å². The van der Waals surface area contributed by atoms with Crippen LogP contribution in [0.15, 0.2) is 53.1 Å². The molecule has 0 aliphatic carbocycles. The van der Waals surface area contributed by atoms with Gasteiger partial charge in [0, 0.05) is 6.54 Å². The largest absolute Gasteiger partial charge is 0.467 e. The molecule has 0 aliphatic rings. The fourth-order valence-electron chi connectivity index (χ4n) is 2.19. The number of furan rings is 1. The van der Waals surface area contributed by atoms with E-state index in [1.165, 1.54) is 0 Å². The van der Waals surface area contributed by atoms with Crippen molar-refractivity contribution in [3.8, 4) is 0 Å².